The van der Waals surface area contributed by atoms with Crippen LogP contribution in [0.25, 0.3) is 0 Å². The van der Waals surface area contributed by atoms with Crippen LogP contribution in [-0.2, 0) is 9.59 Å². The molecule has 2 heteroatoms. The number of aldehydes is 2. The maximum atomic E-state index is 10.2. The lowest BCUT2D eigenvalue weighted by atomic mass is 10.0. The third-order valence-corrected chi connectivity index (χ3v) is 4.39. The van der Waals surface area contributed by atoms with Gasteiger partial charge in [-0.05, 0) is 12.8 Å². The van der Waals surface area contributed by atoms with Crippen molar-refractivity contribution < 1.29 is 9.59 Å². The van der Waals surface area contributed by atoms with Gasteiger partial charge in [0.05, 0.1) is 0 Å². The molecule has 0 N–H and O–H groups in total. The van der Waals surface area contributed by atoms with Gasteiger partial charge in [0.15, 0.2) is 0 Å². The van der Waals surface area contributed by atoms with E-state index in [0.717, 1.165) is 38.3 Å². The monoisotopic (exact) mass is 310 g/mol. The Kier molecular flexibility index (Phi) is 19.7. The predicted molar refractivity (Wildman–Crippen MR) is 95.2 cm³/mol. The summed E-state index contributed by atoms with van der Waals surface area (Å²) in [7, 11) is 0. The van der Waals surface area contributed by atoms with Crippen molar-refractivity contribution in [2.45, 2.75) is 116 Å². The second kappa shape index (κ2) is 20.3. The number of rotatable bonds is 19. The molecule has 0 radical (unpaired) electrons. The van der Waals surface area contributed by atoms with Gasteiger partial charge in [0.25, 0.3) is 0 Å². The number of hydrogen-bond donors (Lipinski definition) is 0. The SMILES string of the molecule is O=CCCCCCCCCCCCCCCCCCCC=O. The van der Waals surface area contributed by atoms with E-state index in [-0.39, 0.29) is 0 Å². The van der Waals surface area contributed by atoms with Crippen molar-refractivity contribution >= 4 is 12.6 Å². The summed E-state index contributed by atoms with van der Waals surface area (Å²) in [6, 6.07) is 0. The second-order valence-corrected chi connectivity index (χ2v) is 6.57. The summed E-state index contributed by atoms with van der Waals surface area (Å²) in [6.07, 6.45) is 24.7. The Morgan fingerprint density at radius 3 is 0.682 bits per heavy atom. The standard InChI is InChI=1S/C20H38O2/c21-19-17-15-13-11-9-7-5-3-1-2-4-6-8-10-12-14-16-18-20-22/h19-20H,1-18H2. The van der Waals surface area contributed by atoms with Crippen molar-refractivity contribution in [3.63, 3.8) is 0 Å². The quantitative estimate of drug-likeness (QED) is 0.204. The molecule has 0 spiro atoms. The lowest BCUT2D eigenvalue weighted by Gasteiger charge is -2.03. The number of carbonyl (C=O) groups is 2. The predicted octanol–water partition coefficient (Wildman–Crippen LogP) is 6.41. The largest absolute Gasteiger partial charge is 0.303 e. The first-order valence-electron chi connectivity index (χ1n) is 9.79. The van der Waals surface area contributed by atoms with Gasteiger partial charge in [-0.15, -0.1) is 0 Å². The summed E-state index contributed by atoms with van der Waals surface area (Å²) in [5.41, 5.74) is 0. The van der Waals surface area contributed by atoms with E-state index in [4.69, 9.17) is 0 Å². The molecule has 0 atom stereocenters. The Balaban J connectivity index is 2.94. The average Bonchev–Trinajstić information content (AvgIpc) is 2.54. The highest BCUT2D eigenvalue weighted by molar-refractivity contribution is 5.49. The number of hydrogen-bond acceptors (Lipinski definition) is 2. The van der Waals surface area contributed by atoms with Crippen molar-refractivity contribution in [1.29, 1.82) is 0 Å². The second-order valence-electron chi connectivity index (χ2n) is 6.57. The molecule has 0 amide bonds. The molecule has 0 saturated heterocycles. The Labute approximate surface area is 138 Å². The Morgan fingerprint density at radius 1 is 0.318 bits per heavy atom. The van der Waals surface area contributed by atoms with E-state index in [9.17, 15) is 9.59 Å². The third kappa shape index (κ3) is 19.3. The van der Waals surface area contributed by atoms with E-state index in [1.54, 1.807) is 0 Å². The zero-order valence-electron chi connectivity index (χ0n) is 14.7. The smallest absolute Gasteiger partial charge is 0.119 e. The van der Waals surface area contributed by atoms with Crippen LogP contribution in [0.5, 0.6) is 0 Å². The molecule has 0 heterocycles. The third-order valence-electron chi connectivity index (χ3n) is 4.39. The zero-order chi connectivity index (χ0) is 16.1. The zero-order valence-corrected chi connectivity index (χ0v) is 14.7. The van der Waals surface area contributed by atoms with Crippen LogP contribution in [0.15, 0.2) is 0 Å². The molecule has 130 valence electrons. The van der Waals surface area contributed by atoms with Gasteiger partial charge in [-0.3, -0.25) is 0 Å². The highest BCUT2D eigenvalue weighted by atomic mass is 16.1. The van der Waals surface area contributed by atoms with Crippen LogP contribution in [-0.4, -0.2) is 12.6 Å². The molecule has 0 aliphatic rings. The maximum Gasteiger partial charge on any atom is 0.119 e. The minimum atomic E-state index is 0.749. The number of carbonyl (C=O) groups excluding carboxylic acids is 2. The Bertz CT molecular complexity index is 202. The summed E-state index contributed by atoms with van der Waals surface area (Å²) in [5, 5.41) is 0. The average molecular weight is 311 g/mol. The first-order chi connectivity index (χ1) is 10.9. The molecule has 0 saturated carbocycles. The van der Waals surface area contributed by atoms with E-state index in [2.05, 4.69) is 0 Å². The first kappa shape index (κ1) is 21.3. The summed E-state index contributed by atoms with van der Waals surface area (Å²) in [6.45, 7) is 0. The van der Waals surface area contributed by atoms with Gasteiger partial charge >= 0.3 is 0 Å². The minimum absolute atomic E-state index is 0.749. The van der Waals surface area contributed by atoms with Gasteiger partial charge in [-0.1, -0.05) is 89.9 Å². The van der Waals surface area contributed by atoms with Gasteiger partial charge in [0, 0.05) is 12.8 Å². The van der Waals surface area contributed by atoms with E-state index < -0.39 is 0 Å². The molecule has 0 aromatic heterocycles. The van der Waals surface area contributed by atoms with E-state index in [1.165, 1.54) is 89.9 Å². The maximum absolute atomic E-state index is 10.2. The molecule has 0 bridgehead atoms. The van der Waals surface area contributed by atoms with Crippen LogP contribution in [0, 0.1) is 0 Å². The first-order valence-corrected chi connectivity index (χ1v) is 9.79. The van der Waals surface area contributed by atoms with Crippen LogP contribution in [0.2, 0.25) is 0 Å². The van der Waals surface area contributed by atoms with Crippen molar-refractivity contribution in [2.24, 2.45) is 0 Å². The number of unbranched alkanes of at least 4 members (excludes halogenated alkanes) is 17. The molecule has 0 aliphatic carbocycles. The highest BCUT2D eigenvalue weighted by Gasteiger charge is 1.94. The van der Waals surface area contributed by atoms with Crippen LogP contribution in [0.1, 0.15) is 116 Å². The topological polar surface area (TPSA) is 34.1 Å². The van der Waals surface area contributed by atoms with Gasteiger partial charge in [0.2, 0.25) is 0 Å². The van der Waals surface area contributed by atoms with Gasteiger partial charge in [0.1, 0.15) is 12.6 Å². The fourth-order valence-electron chi connectivity index (χ4n) is 2.93. The van der Waals surface area contributed by atoms with Crippen LogP contribution in [0.4, 0.5) is 0 Å². The molecular weight excluding hydrogens is 272 g/mol. The summed E-state index contributed by atoms with van der Waals surface area (Å²) in [5.74, 6) is 0. The molecule has 22 heavy (non-hydrogen) atoms. The van der Waals surface area contributed by atoms with Gasteiger partial charge < -0.3 is 9.59 Å². The molecule has 0 aromatic rings. The summed E-state index contributed by atoms with van der Waals surface area (Å²) >= 11 is 0. The van der Waals surface area contributed by atoms with E-state index in [0.29, 0.717) is 0 Å². The minimum Gasteiger partial charge on any atom is -0.303 e. The highest BCUT2D eigenvalue weighted by Crippen LogP contribution is 2.14. The summed E-state index contributed by atoms with van der Waals surface area (Å²) < 4.78 is 0. The Morgan fingerprint density at radius 2 is 0.500 bits per heavy atom. The van der Waals surface area contributed by atoms with E-state index in [1.807, 2.05) is 0 Å². The van der Waals surface area contributed by atoms with Crippen molar-refractivity contribution in [1.82, 2.24) is 0 Å². The van der Waals surface area contributed by atoms with Gasteiger partial charge in [-0.25, -0.2) is 0 Å². The van der Waals surface area contributed by atoms with Crippen LogP contribution >= 0.6 is 0 Å². The Hall–Kier alpha value is -0.660. The van der Waals surface area contributed by atoms with Crippen LogP contribution in [0.3, 0.4) is 0 Å². The molecule has 0 aliphatic heterocycles. The summed E-state index contributed by atoms with van der Waals surface area (Å²) in [4.78, 5) is 20.3. The van der Waals surface area contributed by atoms with Crippen molar-refractivity contribution in [3.05, 3.63) is 0 Å². The lowest BCUT2D eigenvalue weighted by molar-refractivity contribution is -0.108. The van der Waals surface area contributed by atoms with Crippen molar-refractivity contribution in [3.8, 4) is 0 Å². The normalized spacial score (nSPS) is 10.7. The van der Waals surface area contributed by atoms with Crippen LogP contribution < -0.4 is 0 Å². The lowest BCUT2D eigenvalue weighted by Crippen LogP contribution is -1.84. The van der Waals surface area contributed by atoms with Crippen molar-refractivity contribution in [2.75, 3.05) is 0 Å². The fourth-order valence-corrected chi connectivity index (χ4v) is 2.93. The fraction of sp³-hybridized carbons (Fsp3) is 0.900. The molecule has 2 nitrogen and oxygen atoms in total. The molecule has 0 unspecified atom stereocenters. The van der Waals surface area contributed by atoms with E-state index >= 15 is 0 Å². The molecule has 0 fully saturated rings. The molecule has 0 rings (SSSR count). The molecule has 0 aromatic carbocycles. The van der Waals surface area contributed by atoms with Gasteiger partial charge in [-0.2, -0.15) is 0 Å². The molecular formula is C20H38O2.